The molecule has 0 unspecified atom stereocenters. The monoisotopic (exact) mass is 341 g/mol. The number of hydrogen-bond donors (Lipinski definition) is 1. The first-order valence-electron chi connectivity index (χ1n) is 8.11. The maximum atomic E-state index is 11.9. The molecule has 5 nitrogen and oxygen atoms in total. The number of allylic oxidation sites excluding steroid dienone is 1. The van der Waals surface area contributed by atoms with Gasteiger partial charge in [-0.05, 0) is 36.8 Å². The molecule has 2 aromatic carbocycles. The summed E-state index contributed by atoms with van der Waals surface area (Å²) in [5.74, 6) is 1.69. The quantitative estimate of drug-likeness (QED) is 0.711. The highest BCUT2D eigenvalue weighted by molar-refractivity contribution is 5.77. The Morgan fingerprint density at radius 1 is 1.08 bits per heavy atom. The van der Waals surface area contributed by atoms with Gasteiger partial charge in [-0.2, -0.15) is 0 Å². The zero-order valence-corrected chi connectivity index (χ0v) is 14.5. The van der Waals surface area contributed by atoms with Crippen molar-refractivity contribution in [2.45, 2.75) is 6.92 Å². The molecule has 0 fully saturated rings. The summed E-state index contributed by atoms with van der Waals surface area (Å²) in [5, 5.41) is 2.75. The van der Waals surface area contributed by atoms with Crippen LogP contribution in [-0.4, -0.2) is 32.8 Å². The van der Waals surface area contributed by atoms with Crippen LogP contribution in [0.1, 0.15) is 12.5 Å². The highest BCUT2D eigenvalue weighted by Gasteiger charge is 2.08. The average molecular weight is 341 g/mol. The second-order valence-electron chi connectivity index (χ2n) is 5.21. The number of carbonyl (C=O) groups excluding carboxylic acids is 1. The van der Waals surface area contributed by atoms with E-state index in [2.05, 4.69) is 5.32 Å². The Kier molecular flexibility index (Phi) is 7.38. The predicted octanol–water partition coefficient (Wildman–Crippen LogP) is 3.30. The molecule has 0 heterocycles. The van der Waals surface area contributed by atoms with Gasteiger partial charge in [-0.3, -0.25) is 4.79 Å². The van der Waals surface area contributed by atoms with Crippen LogP contribution in [0.5, 0.6) is 17.2 Å². The summed E-state index contributed by atoms with van der Waals surface area (Å²) < 4.78 is 16.3. The smallest absolute Gasteiger partial charge is 0.258 e. The fourth-order valence-electron chi connectivity index (χ4n) is 2.17. The van der Waals surface area contributed by atoms with Crippen molar-refractivity contribution >= 4 is 12.0 Å². The van der Waals surface area contributed by atoms with Gasteiger partial charge in [0, 0.05) is 0 Å². The van der Waals surface area contributed by atoms with Crippen molar-refractivity contribution in [3.63, 3.8) is 0 Å². The molecule has 0 aliphatic carbocycles. The van der Waals surface area contributed by atoms with Gasteiger partial charge in [0.1, 0.15) is 12.4 Å². The van der Waals surface area contributed by atoms with E-state index >= 15 is 0 Å². The maximum absolute atomic E-state index is 11.9. The number of hydrogen-bond acceptors (Lipinski definition) is 4. The molecular formula is C20H23NO4. The lowest BCUT2D eigenvalue weighted by Gasteiger charge is -2.12. The second kappa shape index (κ2) is 10.0. The van der Waals surface area contributed by atoms with Crippen LogP contribution in [0.2, 0.25) is 0 Å². The SMILES string of the molecule is C/C=C/c1ccc(OCC(=O)NCCOc2ccccc2)c(OC)c1. The highest BCUT2D eigenvalue weighted by atomic mass is 16.5. The van der Waals surface area contributed by atoms with E-state index in [0.29, 0.717) is 24.7 Å². The van der Waals surface area contributed by atoms with E-state index in [1.54, 1.807) is 13.2 Å². The largest absolute Gasteiger partial charge is 0.493 e. The van der Waals surface area contributed by atoms with Gasteiger partial charge in [0.25, 0.3) is 5.91 Å². The summed E-state index contributed by atoms with van der Waals surface area (Å²) in [7, 11) is 1.57. The Balaban J connectivity index is 1.74. The van der Waals surface area contributed by atoms with Crippen molar-refractivity contribution in [2.75, 3.05) is 26.9 Å². The minimum atomic E-state index is -0.212. The van der Waals surface area contributed by atoms with Crippen LogP contribution in [0.15, 0.2) is 54.6 Å². The first-order valence-corrected chi connectivity index (χ1v) is 8.11. The molecule has 2 rings (SSSR count). The van der Waals surface area contributed by atoms with Crippen molar-refractivity contribution < 1.29 is 19.0 Å². The van der Waals surface area contributed by atoms with Crippen molar-refractivity contribution in [1.82, 2.24) is 5.32 Å². The third-order valence-electron chi connectivity index (χ3n) is 3.34. The molecule has 2 aromatic rings. The Bertz CT molecular complexity index is 698. The molecule has 0 atom stereocenters. The third-order valence-corrected chi connectivity index (χ3v) is 3.34. The molecule has 25 heavy (non-hydrogen) atoms. The molecule has 0 aliphatic rings. The summed E-state index contributed by atoms with van der Waals surface area (Å²) in [6.07, 6.45) is 3.91. The van der Waals surface area contributed by atoms with E-state index < -0.39 is 0 Å². The zero-order chi connectivity index (χ0) is 17.9. The molecule has 0 saturated carbocycles. The maximum Gasteiger partial charge on any atom is 0.258 e. The Hall–Kier alpha value is -2.95. The van der Waals surface area contributed by atoms with Gasteiger partial charge < -0.3 is 19.5 Å². The van der Waals surface area contributed by atoms with E-state index in [9.17, 15) is 4.79 Å². The Morgan fingerprint density at radius 2 is 1.88 bits per heavy atom. The zero-order valence-electron chi connectivity index (χ0n) is 14.5. The average Bonchev–Trinajstić information content (AvgIpc) is 2.65. The fourth-order valence-corrected chi connectivity index (χ4v) is 2.17. The Labute approximate surface area is 148 Å². The van der Waals surface area contributed by atoms with Crippen LogP contribution < -0.4 is 19.5 Å². The van der Waals surface area contributed by atoms with Crippen molar-refractivity contribution in [2.24, 2.45) is 0 Å². The Morgan fingerprint density at radius 3 is 2.60 bits per heavy atom. The van der Waals surface area contributed by atoms with Crippen LogP contribution in [0.4, 0.5) is 0 Å². The van der Waals surface area contributed by atoms with E-state index in [1.807, 2.05) is 61.5 Å². The second-order valence-corrected chi connectivity index (χ2v) is 5.21. The van der Waals surface area contributed by atoms with Gasteiger partial charge in [0.2, 0.25) is 0 Å². The first-order chi connectivity index (χ1) is 12.2. The topological polar surface area (TPSA) is 56.8 Å². The van der Waals surface area contributed by atoms with Gasteiger partial charge in [0.05, 0.1) is 13.7 Å². The number of ether oxygens (including phenoxy) is 3. The number of rotatable bonds is 9. The molecule has 0 saturated heterocycles. The van der Waals surface area contributed by atoms with Crippen molar-refractivity contribution in [1.29, 1.82) is 0 Å². The molecule has 0 spiro atoms. The highest BCUT2D eigenvalue weighted by Crippen LogP contribution is 2.28. The molecule has 0 bridgehead atoms. The van der Waals surface area contributed by atoms with E-state index in [4.69, 9.17) is 14.2 Å². The van der Waals surface area contributed by atoms with Crippen LogP contribution in [-0.2, 0) is 4.79 Å². The van der Waals surface area contributed by atoms with Crippen molar-refractivity contribution in [3.8, 4) is 17.2 Å². The fraction of sp³-hybridized carbons (Fsp3) is 0.250. The summed E-state index contributed by atoms with van der Waals surface area (Å²) in [5.41, 5.74) is 1.01. The molecule has 5 heteroatoms. The number of amides is 1. The van der Waals surface area contributed by atoms with Gasteiger partial charge in [-0.25, -0.2) is 0 Å². The minimum Gasteiger partial charge on any atom is -0.493 e. The summed E-state index contributed by atoms with van der Waals surface area (Å²) >= 11 is 0. The summed E-state index contributed by atoms with van der Waals surface area (Å²) in [6.45, 7) is 2.68. The van der Waals surface area contributed by atoms with Crippen LogP contribution in [0, 0.1) is 0 Å². The van der Waals surface area contributed by atoms with Gasteiger partial charge in [0.15, 0.2) is 18.1 Å². The lowest BCUT2D eigenvalue weighted by Crippen LogP contribution is -2.32. The lowest BCUT2D eigenvalue weighted by atomic mass is 10.2. The molecular weight excluding hydrogens is 318 g/mol. The predicted molar refractivity (Wildman–Crippen MR) is 98.1 cm³/mol. The molecule has 0 aliphatic heterocycles. The minimum absolute atomic E-state index is 0.0787. The van der Waals surface area contributed by atoms with Crippen LogP contribution in [0.25, 0.3) is 6.08 Å². The van der Waals surface area contributed by atoms with Gasteiger partial charge >= 0.3 is 0 Å². The first kappa shape index (κ1) is 18.4. The van der Waals surface area contributed by atoms with Gasteiger partial charge in [-0.1, -0.05) is 36.4 Å². The molecule has 0 radical (unpaired) electrons. The molecule has 1 amide bonds. The van der Waals surface area contributed by atoms with Crippen molar-refractivity contribution in [3.05, 3.63) is 60.2 Å². The van der Waals surface area contributed by atoms with E-state index in [1.165, 1.54) is 0 Å². The number of para-hydroxylation sites is 1. The third kappa shape index (κ3) is 6.22. The van der Waals surface area contributed by atoms with Crippen LogP contribution >= 0.6 is 0 Å². The summed E-state index contributed by atoms with van der Waals surface area (Å²) in [4.78, 5) is 11.9. The number of benzene rings is 2. The van der Waals surface area contributed by atoms with E-state index in [0.717, 1.165) is 11.3 Å². The molecule has 0 aromatic heterocycles. The van der Waals surface area contributed by atoms with Crippen LogP contribution in [0.3, 0.4) is 0 Å². The normalized spacial score (nSPS) is 10.5. The number of methoxy groups -OCH3 is 1. The van der Waals surface area contributed by atoms with Gasteiger partial charge in [-0.15, -0.1) is 0 Å². The lowest BCUT2D eigenvalue weighted by molar-refractivity contribution is -0.123. The number of nitrogens with one attached hydrogen (secondary N) is 1. The standard InChI is InChI=1S/C20H23NO4/c1-3-7-16-10-11-18(19(14-16)23-2)25-15-20(22)21-12-13-24-17-8-5-4-6-9-17/h3-11,14H,12-13,15H2,1-2H3,(H,21,22)/b7-3+. The van der Waals surface area contributed by atoms with E-state index in [-0.39, 0.29) is 12.5 Å². The molecule has 132 valence electrons. The summed E-state index contributed by atoms with van der Waals surface area (Å²) in [6, 6.07) is 15.0. The molecule has 1 N–H and O–H groups in total. The number of carbonyl (C=O) groups is 1.